The van der Waals surface area contributed by atoms with Crippen LogP contribution in [0.2, 0.25) is 0 Å². The van der Waals surface area contributed by atoms with Crippen molar-refractivity contribution in [2.45, 2.75) is 30.9 Å². The van der Waals surface area contributed by atoms with Crippen LogP contribution in [0.4, 0.5) is 0 Å². The molecule has 0 aromatic heterocycles. The molecule has 0 N–H and O–H groups in total. The van der Waals surface area contributed by atoms with Crippen LogP contribution in [0.1, 0.15) is 25.7 Å². The van der Waals surface area contributed by atoms with Gasteiger partial charge in [0.2, 0.25) is 0 Å². The molecule has 2 fully saturated rings. The number of allylic oxidation sites excluding steroid dienone is 2. The van der Waals surface area contributed by atoms with E-state index in [0.29, 0.717) is 5.25 Å². The zero-order valence-corrected chi connectivity index (χ0v) is 8.21. The van der Waals surface area contributed by atoms with Crippen LogP contribution in [0.3, 0.4) is 0 Å². The molecule has 0 saturated heterocycles. The van der Waals surface area contributed by atoms with Gasteiger partial charge in [-0.25, -0.2) is 0 Å². The smallest absolute Gasteiger partial charge is 0.0148 e. The summed E-state index contributed by atoms with van der Waals surface area (Å²) < 4.78 is 0. The fraction of sp³-hybridized carbons (Fsp3) is 0.818. The second kappa shape index (κ2) is 2.54. The Morgan fingerprint density at radius 1 is 0.917 bits per heavy atom. The van der Waals surface area contributed by atoms with Crippen LogP contribution in [-0.2, 0) is 0 Å². The van der Waals surface area contributed by atoms with Crippen molar-refractivity contribution in [3.8, 4) is 0 Å². The molecule has 0 aromatic carbocycles. The lowest BCUT2D eigenvalue weighted by Gasteiger charge is -2.31. The molecule has 0 aliphatic heterocycles. The van der Waals surface area contributed by atoms with E-state index >= 15 is 0 Å². The van der Waals surface area contributed by atoms with Crippen LogP contribution < -0.4 is 0 Å². The quantitative estimate of drug-likeness (QED) is 0.430. The summed E-state index contributed by atoms with van der Waals surface area (Å²) in [6.45, 7) is 0. The Balaban J connectivity index is 1.93. The average molecular weight is 180 g/mol. The van der Waals surface area contributed by atoms with E-state index in [0.717, 1.165) is 23.7 Å². The predicted molar refractivity (Wildman–Crippen MR) is 54.3 cm³/mol. The van der Waals surface area contributed by atoms with Crippen molar-refractivity contribution in [3.05, 3.63) is 12.2 Å². The van der Waals surface area contributed by atoms with E-state index in [9.17, 15) is 0 Å². The number of hydrogen-bond donors (Lipinski definition) is 1. The molecule has 4 unspecified atom stereocenters. The molecule has 3 aliphatic carbocycles. The highest BCUT2D eigenvalue weighted by molar-refractivity contribution is 7.81. The Kier molecular flexibility index (Phi) is 1.58. The Morgan fingerprint density at radius 2 is 1.42 bits per heavy atom. The van der Waals surface area contributed by atoms with E-state index < -0.39 is 0 Å². The molecular formula is C11H16S. The van der Waals surface area contributed by atoms with E-state index in [-0.39, 0.29) is 0 Å². The molecular weight excluding hydrogens is 164 g/mol. The SMILES string of the molecule is SC1C2C=CC1C1CCCCC21. The maximum absolute atomic E-state index is 4.74. The summed E-state index contributed by atoms with van der Waals surface area (Å²) in [5, 5.41) is 0.679. The van der Waals surface area contributed by atoms with Crippen molar-refractivity contribution in [3.63, 3.8) is 0 Å². The van der Waals surface area contributed by atoms with Gasteiger partial charge in [0, 0.05) is 5.25 Å². The summed E-state index contributed by atoms with van der Waals surface area (Å²) in [6, 6.07) is 0. The van der Waals surface area contributed by atoms with Gasteiger partial charge in [-0.1, -0.05) is 25.0 Å². The molecule has 3 rings (SSSR count). The minimum atomic E-state index is 0.679. The molecule has 66 valence electrons. The third-order valence-corrected chi connectivity index (χ3v) is 4.90. The van der Waals surface area contributed by atoms with Gasteiger partial charge in [0.05, 0.1) is 0 Å². The van der Waals surface area contributed by atoms with Gasteiger partial charge in [0.15, 0.2) is 0 Å². The van der Waals surface area contributed by atoms with Gasteiger partial charge in [-0.2, -0.15) is 12.6 Å². The van der Waals surface area contributed by atoms with E-state index in [1.165, 1.54) is 25.7 Å². The maximum Gasteiger partial charge on any atom is 0.0148 e. The van der Waals surface area contributed by atoms with Gasteiger partial charge < -0.3 is 0 Å². The standard InChI is InChI=1S/C11H16S/c12-11-9-5-6-10(11)8-4-2-1-3-7(8)9/h5-12H,1-4H2. The molecule has 1 heteroatoms. The van der Waals surface area contributed by atoms with Crippen molar-refractivity contribution in [1.82, 2.24) is 0 Å². The highest BCUT2D eigenvalue weighted by Crippen LogP contribution is 2.55. The molecule has 0 amide bonds. The van der Waals surface area contributed by atoms with Gasteiger partial charge >= 0.3 is 0 Å². The summed E-state index contributed by atoms with van der Waals surface area (Å²) in [5.41, 5.74) is 0. The third-order valence-electron chi connectivity index (χ3n) is 4.21. The van der Waals surface area contributed by atoms with Gasteiger partial charge in [-0.05, 0) is 36.5 Å². The lowest BCUT2D eigenvalue weighted by molar-refractivity contribution is 0.221. The van der Waals surface area contributed by atoms with E-state index in [1.54, 1.807) is 0 Å². The number of thiol groups is 1. The van der Waals surface area contributed by atoms with Gasteiger partial charge in [-0.3, -0.25) is 0 Å². The van der Waals surface area contributed by atoms with E-state index in [4.69, 9.17) is 12.6 Å². The van der Waals surface area contributed by atoms with Crippen LogP contribution in [0.5, 0.6) is 0 Å². The van der Waals surface area contributed by atoms with E-state index in [1.807, 2.05) is 0 Å². The predicted octanol–water partition coefficient (Wildman–Crippen LogP) is 2.91. The molecule has 3 aliphatic rings. The molecule has 4 atom stereocenters. The Morgan fingerprint density at radius 3 is 1.92 bits per heavy atom. The zero-order valence-electron chi connectivity index (χ0n) is 7.32. The average Bonchev–Trinajstić information content (AvgIpc) is 2.61. The fourth-order valence-corrected chi connectivity index (χ4v) is 4.32. The first-order valence-corrected chi connectivity index (χ1v) is 5.76. The van der Waals surface area contributed by atoms with Crippen molar-refractivity contribution in [1.29, 1.82) is 0 Å². The van der Waals surface area contributed by atoms with E-state index in [2.05, 4.69) is 12.2 Å². The molecule has 2 saturated carbocycles. The minimum Gasteiger partial charge on any atom is -0.175 e. The summed E-state index contributed by atoms with van der Waals surface area (Å²) in [5.74, 6) is 3.69. The molecule has 12 heavy (non-hydrogen) atoms. The third kappa shape index (κ3) is 0.810. The number of hydrogen-bond acceptors (Lipinski definition) is 1. The first-order valence-electron chi connectivity index (χ1n) is 5.24. The van der Waals surface area contributed by atoms with Crippen LogP contribution in [0.25, 0.3) is 0 Å². The highest BCUT2D eigenvalue weighted by Gasteiger charge is 2.50. The molecule has 0 radical (unpaired) electrons. The Labute approximate surface area is 79.8 Å². The number of fused-ring (bicyclic) bond motifs is 5. The lowest BCUT2D eigenvalue weighted by Crippen LogP contribution is -2.22. The van der Waals surface area contributed by atoms with Crippen molar-refractivity contribution in [2.75, 3.05) is 0 Å². The normalized spacial score (nSPS) is 55.9. The topological polar surface area (TPSA) is 0 Å². The zero-order chi connectivity index (χ0) is 8.13. The second-order valence-electron chi connectivity index (χ2n) is 4.64. The summed E-state index contributed by atoms with van der Waals surface area (Å²) in [6.07, 6.45) is 10.8. The van der Waals surface area contributed by atoms with Crippen molar-refractivity contribution in [2.24, 2.45) is 23.7 Å². The van der Waals surface area contributed by atoms with Crippen LogP contribution in [0.15, 0.2) is 12.2 Å². The van der Waals surface area contributed by atoms with Crippen LogP contribution in [0, 0.1) is 23.7 Å². The second-order valence-corrected chi connectivity index (χ2v) is 5.24. The van der Waals surface area contributed by atoms with Crippen molar-refractivity contribution < 1.29 is 0 Å². The largest absolute Gasteiger partial charge is 0.175 e. The first kappa shape index (κ1) is 7.49. The van der Waals surface area contributed by atoms with Gasteiger partial charge in [0.25, 0.3) is 0 Å². The first-order chi connectivity index (χ1) is 5.88. The molecule has 0 aromatic rings. The summed E-state index contributed by atoms with van der Waals surface area (Å²) in [4.78, 5) is 0. The Hall–Kier alpha value is 0.0900. The Bertz CT molecular complexity index is 199. The van der Waals surface area contributed by atoms with Gasteiger partial charge in [-0.15, -0.1) is 0 Å². The molecule has 0 heterocycles. The van der Waals surface area contributed by atoms with Gasteiger partial charge in [0.1, 0.15) is 0 Å². The maximum atomic E-state index is 4.74. The molecule has 2 bridgehead atoms. The van der Waals surface area contributed by atoms with Crippen LogP contribution in [-0.4, -0.2) is 5.25 Å². The molecule has 0 nitrogen and oxygen atoms in total. The summed E-state index contributed by atoms with van der Waals surface area (Å²) >= 11 is 4.74. The van der Waals surface area contributed by atoms with Crippen LogP contribution >= 0.6 is 12.6 Å². The monoisotopic (exact) mass is 180 g/mol. The van der Waals surface area contributed by atoms with Crippen molar-refractivity contribution >= 4 is 12.6 Å². The fourth-order valence-electron chi connectivity index (χ4n) is 3.68. The number of rotatable bonds is 0. The highest BCUT2D eigenvalue weighted by atomic mass is 32.1. The molecule has 0 spiro atoms. The summed E-state index contributed by atoms with van der Waals surface area (Å²) in [7, 11) is 0. The minimum absolute atomic E-state index is 0.679. The lowest BCUT2D eigenvalue weighted by atomic mass is 9.73.